The second kappa shape index (κ2) is 6.04. The maximum atomic E-state index is 11.5. The molecular formula is C13H16N4O2S. The average Bonchev–Trinajstić information content (AvgIpc) is 2.88. The second-order valence-corrected chi connectivity index (χ2v) is 5.75. The first kappa shape index (κ1) is 14.5. The van der Waals surface area contributed by atoms with E-state index in [1.807, 2.05) is 32.0 Å². The van der Waals surface area contributed by atoms with Crippen LogP contribution in [0.25, 0.3) is 5.69 Å². The lowest BCUT2D eigenvalue weighted by Gasteiger charge is -2.10. The minimum Gasteiger partial charge on any atom is -0.468 e. The Hall–Kier alpha value is -1.89. The Morgan fingerprint density at radius 3 is 2.85 bits per heavy atom. The molecule has 1 aromatic carbocycles. The van der Waals surface area contributed by atoms with Crippen LogP contribution in [-0.2, 0) is 9.53 Å². The zero-order valence-corrected chi connectivity index (χ0v) is 12.6. The number of rotatable bonds is 4. The number of tetrazole rings is 1. The fourth-order valence-electron chi connectivity index (χ4n) is 1.72. The number of carbonyl (C=O) groups is 1. The van der Waals surface area contributed by atoms with E-state index < -0.39 is 0 Å². The van der Waals surface area contributed by atoms with E-state index in [1.54, 1.807) is 11.6 Å². The summed E-state index contributed by atoms with van der Waals surface area (Å²) in [6, 6.07) is 6.07. The smallest absolute Gasteiger partial charge is 0.318 e. The van der Waals surface area contributed by atoms with Crippen LogP contribution in [-0.4, -0.2) is 38.5 Å². The van der Waals surface area contributed by atoms with Crippen LogP contribution in [0.1, 0.15) is 18.1 Å². The quantitative estimate of drug-likeness (QED) is 0.633. The van der Waals surface area contributed by atoms with Gasteiger partial charge in [-0.3, -0.25) is 4.79 Å². The predicted molar refractivity (Wildman–Crippen MR) is 76.0 cm³/mol. The summed E-state index contributed by atoms with van der Waals surface area (Å²) in [5, 5.41) is 11.9. The summed E-state index contributed by atoms with van der Waals surface area (Å²) in [7, 11) is 1.37. The zero-order valence-electron chi connectivity index (χ0n) is 11.8. The van der Waals surface area contributed by atoms with Crippen LogP contribution in [0.15, 0.2) is 23.4 Å². The molecular weight excluding hydrogens is 276 g/mol. The fourth-order valence-corrected chi connectivity index (χ4v) is 2.55. The van der Waals surface area contributed by atoms with E-state index in [1.165, 1.54) is 18.9 Å². The molecule has 0 bridgehead atoms. The average molecular weight is 292 g/mol. The molecule has 0 aliphatic carbocycles. The third kappa shape index (κ3) is 2.98. The third-order valence-electron chi connectivity index (χ3n) is 2.85. The largest absolute Gasteiger partial charge is 0.468 e. The first-order valence-corrected chi connectivity index (χ1v) is 7.01. The summed E-state index contributed by atoms with van der Waals surface area (Å²) in [6.07, 6.45) is 0. The van der Waals surface area contributed by atoms with Crippen molar-refractivity contribution < 1.29 is 9.53 Å². The molecule has 1 heterocycles. The van der Waals surface area contributed by atoms with Gasteiger partial charge in [0.2, 0.25) is 5.16 Å². The maximum Gasteiger partial charge on any atom is 0.318 e. The minimum atomic E-state index is -0.366. The molecule has 0 saturated carbocycles. The van der Waals surface area contributed by atoms with Gasteiger partial charge in [0, 0.05) is 0 Å². The normalized spacial score (nSPS) is 12.2. The summed E-state index contributed by atoms with van der Waals surface area (Å²) in [5.41, 5.74) is 3.10. The Kier molecular flexibility index (Phi) is 4.39. The van der Waals surface area contributed by atoms with E-state index in [2.05, 4.69) is 15.5 Å². The van der Waals surface area contributed by atoms with Crippen molar-refractivity contribution in [3.63, 3.8) is 0 Å². The van der Waals surface area contributed by atoms with Gasteiger partial charge in [-0.1, -0.05) is 23.9 Å². The van der Waals surface area contributed by atoms with Crippen molar-refractivity contribution in [3.8, 4) is 5.69 Å². The van der Waals surface area contributed by atoms with Gasteiger partial charge in [0.25, 0.3) is 0 Å². The number of ether oxygens (including phenoxy) is 1. The van der Waals surface area contributed by atoms with Crippen molar-refractivity contribution in [2.24, 2.45) is 0 Å². The molecule has 0 spiro atoms. The number of thioether (sulfide) groups is 1. The second-order valence-electron chi connectivity index (χ2n) is 4.45. The van der Waals surface area contributed by atoms with Gasteiger partial charge < -0.3 is 4.74 Å². The van der Waals surface area contributed by atoms with Crippen LogP contribution >= 0.6 is 11.8 Å². The summed E-state index contributed by atoms with van der Waals surface area (Å²) in [6.45, 7) is 5.77. The van der Waals surface area contributed by atoms with E-state index in [4.69, 9.17) is 4.74 Å². The third-order valence-corrected chi connectivity index (χ3v) is 3.86. The van der Waals surface area contributed by atoms with E-state index in [-0.39, 0.29) is 11.2 Å². The number of methoxy groups -OCH3 is 1. The first-order chi connectivity index (χ1) is 9.52. The lowest BCUT2D eigenvalue weighted by atomic mass is 10.1. The molecule has 0 N–H and O–H groups in total. The van der Waals surface area contributed by atoms with Gasteiger partial charge in [0.05, 0.1) is 12.8 Å². The number of aryl methyl sites for hydroxylation is 2. The minimum absolute atomic E-state index is 0.300. The highest BCUT2D eigenvalue weighted by Gasteiger charge is 2.20. The SMILES string of the molecule is COC(=O)[C@@H](C)Sc1nnnn1-c1cc(C)ccc1C. The molecule has 2 aromatic rings. The van der Waals surface area contributed by atoms with Crippen molar-refractivity contribution in [1.29, 1.82) is 0 Å². The number of hydrogen-bond acceptors (Lipinski definition) is 6. The Labute approximate surface area is 121 Å². The monoisotopic (exact) mass is 292 g/mol. The highest BCUT2D eigenvalue weighted by atomic mass is 32.2. The highest BCUT2D eigenvalue weighted by Crippen LogP contribution is 2.25. The molecule has 106 valence electrons. The molecule has 1 atom stereocenters. The molecule has 20 heavy (non-hydrogen) atoms. The van der Waals surface area contributed by atoms with Crippen molar-refractivity contribution in [2.75, 3.05) is 7.11 Å². The molecule has 0 saturated heterocycles. The van der Waals surface area contributed by atoms with Gasteiger partial charge in [0.1, 0.15) is 5.25 Å². The molecule has 0 aliphatic rings. The van der Waals surface area contributed by atoms with Gasteiger partial charge in [-0.2, -0.15) is 4.68 Å². The van der Waals surface area contributed by atoms with Crippen LogP contribution < -0.4 is 0 Å². The predicted octanol–water partition coefficient (Wildman–Crippen LogP) is 1.93. The van der Waals surface area contributed by atoms with Gasteiger partial charge >= 0.3 is 5.97 Å². The standard InChI is InChI=1S/C13H16N4O2S/c1-8-5-6-9(2)11(7-8)17-13(14-15-16-17)20-10(3)12(18)19-4/h5-7,10H,1-4H3/t10-/m1/s1. The summed E-state index contributed by atoms with van der Waals surface area (Å²) >= 11 is 1.27. The highest BCUT2D eigenvalue weighted by molar-refractivity contribution is 8.00. The number of hydrogen-bond donors (Lipinski definition) is 0. The first-order valence-electron chi connectivity index (χ1n) is 6.13. The van der Waals surface area contributed by atoms with Gasteiger partial charge in [0.15, 0.2) is 0 Å². The number of esters is 1. The molecule has 0 aliphatic heterocycles. The van der Waals surface area contributed by atoms with Crippen LogP contribution in [0.3, 0.4) is 0 Å². The zero-order chi connectivity index (χ0) is 14.7. The molecule has 0 radical (unpaired) electrons. The van der Waals surface area contributed by atoms with Crippen molar-refractivity contribution in [3.05, 3.63) is 29.3 Å². The van der Waals surface area contributed by atoms with Crippen LogP contribution in [0.5, 0.6) is 0 Å². The molecule has 0 fully saturated rings. The van der Waals surface area contributed by atoms with Crippen molar-refractivity contribution in [1.82, 2.24) is 20.2 Å². The molecule has 2 rings (SSSR count). The molecule has 0 amide bonds. The van der Waals surface area contributed by atoms with E-state index >= 15 is 0 Å². The van der Waals surface area contributed by atoms with Crippen LogP contribution in [0.4, 0.5) is 0 Å². The van der Waals surface area contributed by atoms with Crippen molar-refractivity contribution >= 4 is 17.7 Å². The Morgan fingerprint density at radius 2 is 2.15 bits per heavy atom. The van der Waals surface area contributed by atoms with E-state index in [0.29, 0.717) is 5.16 Å². The summed E-state index contributed by atoms with van der Waals surface area (Å²) < 4.78 is 6.36. The number of benzene rings is 1. The van der Waals surface area contributed by atoms with E-state index in [0.717, 1.165) is 16.8 Å². The molecule has 7 heteroatoms. The lowest BCUT2D eigenvalue weighted by Crippen LogP contribution is -2.15. The molecule has 1 aromatic heterocycles. The van der Waals surface area contributed by atoms with Crippen LogP contribution in [0, 0.1) is 13.8 Å². The number of aromatic nitrogens is 4. The lowest BCUT2D eigenvalue weighted by molar-refractivity contribution is -0.139. The summed E-state index contributed by atoms with van der Waals surface area (Å²) in [4.78, 5) is 11.5. The Morgan fingerprint density at radius 1 is 1.40 bits per heavy atom. The molecule has 6 nitrogen and oxygen atoms in total. The number of nitrogens with zero attached hydrogens (tertiary/aromatic N) is 4. The van der Waals surface area contributed by atoms with Crippen LogP contribution in [0.2, 0.25) is 0 Å². The van der Waals surface area contributed by atoms with Gasteiger partial charge in [-0.15, -0.1) is 5.10 Å². The van der Waals surface area contributed by atoms with Crippen molar-refractivity contribution in [2.45, 2.75) is 31.2 Å². The number of carbonyl (C=O) groups excluding carboxylic acids is 1. The van der Waals surface area contributed by atoms with Gasteiger partial charge in [-0.25, -0.2) is 0 Å². The van der Waals surface area contributed by atoms with Gasteiger partial charge in [-0.05, 0) is 48.4 Å². The van der Waals surface area contributed by atoms with E-state index in [9.17, 15) is 4.79 Å². The maximum absolute atomic E-state index is 11.5. The Balaban J connectivity index is 2.33. The molecule has 0 unspecified atom stereocenters. The Bertz CT molecular complexity index is 627. The topological polar surface area (TPSA) is 69.9 Å². The fraction of sp³-hybridized carbons (Fsp3) is 0.385. The summed E-state index contributed by atoms with van der Waals surface area (Å²) in [5.74, 6) is -0.300.